The zero-order chi connectivity index (χ0) is 17.1. The maximum atomic E-state index is 5.79. The normalized spacial score (nSPS) is 11.0. The predicted molar refractivity (Wildman–Crippen MR) is 103 cm³/mol. The van der Waals surface area contributed by atoms with Gasteiger partial charge < -0.3 is 4.74 Å². The molecule has 124 valence electrons. The fourth-order valence-electron chi connectivity index (χ4n) is 2.83. The van der Waals surface area contributed by atoms with Crippen molar-refractivity contribution in [1.82, 2.24) is 4.98 Å². The molecular weight excluding hydrogens is 314 g/mol. The number of pyridine rings is 1. The van der Waals surface area contributed by atoms with Crippen LogP contribution in [-0.2, 0) is 0 Å². The Balaban J connectivity index is 1.66. The van der Waals surface area contributed by atoms with Gasteiger partial charge in [0, 0.05) is 11.1 Å². The highest BCUT2D eigenvalue weighted by atomic mass is 32.2. The van der Waals surface area contributed by atoms with Crippen LogP contribution in [0.2, 0.25) is 0 Å². The summed E-state index contributed by atoms with van der Waals surface area (Å²) in [6.07, 6.45) is 0. The number of thioether (sulfide) groups is 1. The van der Waals surface area contributed by atoms with Crippen LogP contribution < -0.4 is 4.74 Å². The summed E-state index contributed by atoms with van der Waals surface area (Å²) in [7, 11) is 0. The SMILES string of the molecule is Cc1ccc(OCCSc2cc(C)c3cc(C)cc(C)c3n2)cc1. The molecule has 0 bridgehead atoms. The third-order valence-electron chi connectivity index (χ3n) is 4.05. The van der Waals surface area contributed by atoms with Crippen molar-refractivity contribution in [3.63, 3.8) is 0 Å². The molecule has 0 spiro atoms. The Kier molecular flexibility index (Phi) is 5.10. The molecule has 0 unspecified atom stereocenters. The second-order valence-electron chi connectivity index (χ2n) is 6.27. The van der Waals surface area contributed by atoms with Crippen molar-refractivity contribution in [2.24, 2.45) is 0 Å². The molecule has 24 heavy (non-hydrogen) atoms. The summed E-state index contributed by atoms with van der Waals surface area (Å²) in [6, 6.07) is 14.8. The highest BCUT2D eigenvalue weighted by molar-refractivity contribution is 7.99. The zero-order valence-corrected chi connectivity index (χ0v) is 15.5. The van der Waals surface area contributed by atoms with Crippen LogP contribution in [0.4, 0.5) is 0 Å². The third kappa shape index (κ3) is 3.90. The molecule has 1 heterocycles. The number of ether oxygens (including phenoxy) is 1. The van der Waals surface area contributed by atoms with Gasteiger partial charge in [-0.2, -0.15) is 0 Å². The maximum absolute atomic E-state index is 5.79. The van der Waals surface area contributed by atoms with Crippen LogP contribution in [-0.4, -0.2) is 17.3 Å². The molecule has 3 aromatic rings. The van der Waals surface area contributed by atoms with Crippen LogP contribution in [0.5, 0.6) is 5.75 Å². The van der Waals surface area contributed by atoms with Gasteiger partial charge in [-0.25, -0.2) is 4.98 Å². The van der Waals surface area contributed by atoms with Crippen LogP contribution in [0.3, 0.4) is 0 Å². The standard InChI is InChI=1S/C21H23NOS/c1-14-5-7-18(8-6-14)23-9-10-24-20-13-16(3)19-12-15(2)11-17(4)21(19)22-20/h5-8,11-13H,9-10H2,1-4H3. The Bertz CT molecular complexity index is 856. The van der Waals surface area contributed by atoms with Gasteiger partial charge in [-0.3, -0.25) is 0 Å². The highest BCUT2D eigenvalue weighted by Gasteiger charge is 2.07. The molecule has 0 fully saturated rings. The monoisotopic (exact) mass is 337 g/mol. The summed E-state index contributed by atoms with van der Waals surface area (Å²) in [4.78, 5) is 4.84. The first-order valence-corrected chi connectivity index (χ1v) is 9.22. The molecule has 2 nitrogen and oxygen atoms in total. The summed E-state index contributed by atoms with van der Waals surface area (Å²) in [5.74, 6) is 1.81. The summed E-state index contributed by atoms with van der Waals surface area (Å²) < 4.78 is 5.79. The van der Waals surface area contributed by atoms with Crippen LogP contribution in [0, 0.1) is 27.7 Å². The van der Waals surface area contributed by atoms with E-state index in [0.29, 0.717) is 6.61 Å². The van der Waals surface area contributed by atoms with Crippen molar-refractivity contribution in [2.45, 2.75) is 32.7 Å². The van der Waals surface area contributed by atoms with Gasteiger partial charge >= 0.3 is 0 Å². The molecule has 3 heteroatoms. The Morgan fingerprint density at radius 3 is 2.38 bits per heavy atom. The van der Waals surface area contributed by atoms with Gasteiger partial charge in [-0.1, -0.05) is 29.3 Å². The highest BCUT2D eigenvalue weighted by Crippen LogP contribution is 2.27. The number of nitrogens with zero attached hydrogens (tertiary/aromatic N) is 1. The van der Waals surface area contributed by atoms with E-state index >= 15 is 0 Å². The van der Waals surface area contributed by atoms with Crippen molar-refractivity contribution >= 4 is 22.7 Å². The van der Waals surface area contributed by atoms with Gasteiger partial charge in [0.1, 0.15) is 5.75 Å². The molecule has 0 saturated heterocycles. The van der Waals surface area contributed by atoms with Gasteiger partial charge in [0.25, 0.3) is 0 Å². The molecule has 2 aromatic carbocycles. The van der Waals surface area contributed by atoms with Crippen molar-refractivity contribution < 1.29 is 4.74 Å². The predicted octanol–water partition coefficient (Wildman–Crippen LogP) is 5.64. The minimum absolute atomic E-state index is 0.680. The van der Waals surface area contributed by atoms with E-state index in [0.717, 1.165) is 22.0 Å². The molecule has 0 N–H and O–H groups in total. The number of aryl methyl sites for hydroxylation is 4. The van der Waals surface area contributed by atoms with Crippen LogP contribution in [0.25, 0.3) is 10.9 Å². The van der Waals surface area contributed by atoms with Gasteiger partial charge in [0.05, 0.1) is 17.1 Å². The van der Waals surface area contributed by atoms with E-state index < -0.39 is 0 Å². The molecule has 0 aliphatic carbocycles. The van der Waals surface area contributed by atoms with E-state index in [2.05, 4.69) is 58.0 Å². The molecule has 0 amide bonds. The minimum atomic E-state index is 0.680. The molecule has 0 aliphatic heterocycles. The fraction of sp³-hybridized carbons (Fsp3) is 0.286. The zero-order valence-electron chi connectivity index (χ0n) is 14.7. The number of benzene rings is 2. The van der Waals surface area contributed by atoms with E-state index in [4.69, 9.17) is 9.72 Å². The molecule has 0 atom stereocenters. The first-order valence-electron chi connectivity index (χ1n) is 8.24. The number of aromatic nitrogens is 1. The Morgan fingerprint density at radius 2 is 1.62 bits per heavy atom. The summed E-state index contributed by atoms with van der Waals surface area (Å²) in [6.45, 7) is 9.19. The number of hydrogen-bond acceptors (Lipinski definition) is 3. The average molecular weight is 337 g/mol. The van der Waals surface area contributed by atoms with Gasteiger partial charge in [-0.05, 0) is 63.1 Å². The van der Waals surface area contributed by atoms with E-state index in [9.17, 15) is 0 Å². The number of hydrogen-bond donors (Lipinski definition) is 0. The lowest BCUT2D eigenvalue weighted by atomic mass is 10.0. The first-order chi connectivity index (χ1) is 11.5. The summed E-state index contributed by atoms with van der Waals surface area (Å²) in [5, 5.41) is 2.33. The van der Waals surface area contributed by atoms with E-state index in [1.807, 2.05) is 12.1 Å². The molecule has 3 rings (SSSR count). The third-order valence-corrected chi connectivity index (χ3v) is 4.93. The quantitative estimate of drug-likeness (QED) is 0.444. The topological polar surface area (TPSA) is 22.1 Å². The molecule has 0 radical (unpaired) electrons. The molecule has 0 aliphatic rings. The molecule has 1 aromatic heterocycles. The van der Waals surface area contributed by atoms with Crippen molar-refractivity contribution in [1.29, 1.82) is 0 Å². The second kappa shape index (κ2) is 7.27. The lowest BCUT2D eigenvalue weighted by Gasteiger charge is -2.10. The van der Waals surface area contributed by atoms with Crippen LogP contribution in [0.1, 0.15) is 22.3 Å². The van der Waals surface area contributed by atoms with E-state index in [-0.39, 0.29) is 0 Å². The maximum Gasteiger partial charge on any atom is 0.119 e. The van der Waals surface area contributed by atoms with Gasteiger partial charge in [0.15, 0.2) is 0 Å². The lowest BCUT2D eigenvalue weighted by Crippen LogP contribution is -2.00. The average Bonchev–Trinajstić information content (AvgIpc) is 2.54. The van der Waals surface area contributed by atoms with Crippen molar-refractivity contribution in [3.8, 4) is 5.75 Å². The lowest BCUT2D eigenvalue weighted by molar-refractivity contribution is 0.344. The fourth-order valence-corrected chi connectivity index (χ4v) is 3.62. The minimum Gasteiger partial charge on any atom is -0.493 e. The number of rotatable bonds is 5. The van der Waals surface area contributed by atoms with E-state index in [1.165, 1.54) is 27.6 Å². The van der Waals surface area contributed by atoms with Crippen molar-refractivity contribution in [3.05, 3.63) is 64.7 Å². The Labute approximate surface area is 148 Å². The van der Waals surface area contributed by atoms with Crippen molar-refractivity contribution in [2.75, 3.05) is 12.4 Å². The second-order valence-corrected chi connectivity index (χ2v) is 7.38. The van der Waals surface area contributed by atoms with Gasteiger partial charge in [-0.15, -0.1) is 11.8 Å². The first kappa shape index (κ1) is 16.8. The van der Waals surface area contributed by atoms with Crippen LogP contribution >= 0.6 is 11.8 Å². The largest absolute Gasteiger partial charge is 0.493 e. The Morgan fingerprint density at radius 1 is 0.875 bits per heavy atom. The van der Waals surface area contributed by atoms with Gasteiger partial charge in [0.2, 0.25) is 0 Å². The molecule has 0 saturated carbocycles. The summed E-state index contributed by atoms with van der Waals surface area (Å²) >= 11 is 1.75. The molecular formula is C21H23NOS. The Hall–Kier alpha value is -2.00. The van der Waals surface area contributed by atoms with E-state index in [1.54, 1.807) is 11.8 Å². The smallest absolute Gasteiger partial charge is 0.119 e. The number of fused-ring (bicyclic) bond motifs is 1. The van der Waals surface area contributed by atoms with Crippen LogP contribution in [0.15, 0.2) is 47.5 Å². The summed E-state index contributed by atoms with van der Waals surface area (Å²) in [5.41, 5.74) is 6.18.